The zero-order valence-electron chi connectivity index (χ0n) is 23.3. The molecule has 0 spiro atoms. The number of esters is 1. The molecule has 0 aliphatic heterocycles. The molecule has 1 heterocycles. The zero-order chi connectivity index (χ0) is 27.1. The van der Waals surface area contributed by atoms with Crippen LogP contribution in [0, 0.1) is 5.41 Å². The Bertz CT molecular complexity index is 1040. The molecule has 1 N–H and O–H groups in total. The number of unbranched alkanes of at least 4 members (excludes halogenated alkanes) is 3. The van der Waals surface area contributed by atoms with Crippen LogP contribution < -0.4 is 5.32 Å². The van der Waals surface area contributed by atoms with E-state index < -0.39 is 0 Å². The molecule has 5 heteroatoms. The Morgan fingerprint density at radius 3 is 2.62 bits per heavy atom. The molecule has 0 aromatic carbocycles. The normalized spacial score (nSPS) is 16.5. The Morgan fingerprint density at radius 1 is 1.11 bits per heavy atom. The Morgan fingerprint density at radius 2 is 1.89 bits per heavy atom. The lowest BCUT2D eigenvalue weighted by molar-refractivity contribution is -0.137. The maximum Gasteiger partial charge on any atom is 0.331 e. The van der Waals surface area contributed by atoms with Crippen LogP contribution in [-0.4, -0.2) is 30.0 Å². The first-order valence-electron chi connectivity index (χ1n) is 13.5. The van der Waals surface area contributed by atoms with E-state index in [1.54, 1.807) is 24.5 Å². The monoisotopic (exact) mass is 504 g/mol. The number of ether oxygens (including phenoxy) is 1. The maximum atomic E-state index is 12.0. The minimum atomic E-state index is -0.312. The first kappa shape index (κ1) is 30.0. The minimum absolute atomic E-state index is 0.100. The summed E-state index contributed by atoms with van der Waals surface area (Å²) in [5.41, 5.74) is 5.80. The van der Waals surface area contributed by atoms with Gasteiger partial charge in [0.25, 0.3) is 5.91 Å². The van der Waals surface area contributed by atoms with Gasteiger partial charge in [0.05, 0.1) is 12.2 Å². The average molecular weight is 505 g/mol. The molecule has 1 aliphatic carbocycles. The summed E-state index contributed by atoms with van der Waals surface area (Å²) in [6, 6.07) is 3.49. The fourth-order valence-corrected chi connectivity index (χ4v) is 4.46. The predicted molar refractivity (Wildman–Crippen MR) is 152 cm³/mol. The van der Waals surface area contributed by atoms with Gasteiger partial charge in [-0.2, -0.15) is 0 Å². The highest BCUT2D eigenvalue weighted by atomic mass is 16.5. The first-order valence-corrected chi connectivity index (χ1v) is 13.5. The van der Waals surface area contributed by atoms with Crippen molar-refractivity contribution < 1.29 is 14.3 Å². The fourth-order valence-electron chi connectivity index (χ4n) is 4.46. The molecule has 5 nitrogen and oxygen atoms in total. The van der Waals surface area contributed by atoms with E-state index in [1.807, 2.05) is 19.1 Å². The molecule has 0 fully saturated rings. The van der Waals surface area contributed by atoms with Gasteiger partial charge in [-0.05, 0) is 88.0 Å². The van der Waals surface area contributed by atoms with Crippen LogP contribution in [0.2, 0.25) is 0 Å². The second kappa shape index (κ2) is 15.8. The molecule has 1 aromatic heterocycles. The largest absolute Gasteiger partial charge is 0.463 e. The number of hydrogen-bond donors (Lipinski definition) is 1. The second-order valence-corrected chi connectivity index (χ2v) is 10.5. The van der Waals surface area contributed by atoms with E-state index in [2.05, 4.69) is 56.2 Å². The van der Waals surface area contributed by atoms with Gasteiger partial charge in [0.2, 0.25) is 0 Å². The first-order chi connectivity index (χ1) is 17.7. The molecule has 1 aliphatic rings. The Balaban J connectivity index is 1.62. The summed E-state index contributed by atoms with van der Waals surface area (Å²) in [4.78, 5) is 27.9. The van der Waals surface area contributed by atoms with Crippen LogP contribution in [0.1, 0.15) is 89.9 Å². The fraction of sp³-hybridized carbons (Fsp3) is 0.469. The summed E-state index contributed by atoms with van der Waals surface area (Å²) in [7, 11) is 0. The van der Waals surface area contributed by atoms with E-state index in [9.17, 15) is 9.59 Å². The number of allylic oxidation sites excluding steroid dienone is 9. The van der Waals surface area contributed by atoms with Crippen molar-refractivity contribution in [1.29, 1.82) is 0 Å². The van der Waals surface area contributed by atoms with Crippen molar-refractivity contribution in [2.75, 3.05) is 13.2 Å². The third kappa shape index (κ3) is 11.6. The van der Waals surface area contributed by atoms with Gasteiger partial charge in [0.15, 0.2) is 0 Å². The molecule has 1 aromatic rings. The molecule has 0 bridgehead atoms. The number of amides is 1. The Kier molecular flexibility index (Phi) is 12.8. The molecular formula is C32H44N2O3. The van der Waals surface area contributed by atoms with Gasteiger partial charge in [0, 0.05) is 25.0 Å². The van der Waals surface area contributed by atoms with Gasteiger partial charge in [-0.3, -0.25) is 9.78 Å². The van der Waals surface area contributed by atoms with Gasteiger partial charge in [-0.15, -0.1) is 0 Å². The van der Waals surface area contributed by atoms with Crippen LogP contribution in [0.25, 0.3) is 0 Å². The standard InChI is InChI=1S/C32H44N2O3/c1-25(17-18-29-27(3)15-11-19-32(29,4)5)13-10-14-26(2)23-30(35)37-22-9-7-6-8-21-34-31(36)28-16-12-20-33-24-28/h10,12-14,16-18,20,23-24H,6-9,11,15,19,21-22H2,1-5H3,(H,34,36)/b14-10+,18-17+,25-13+,26-23+. The molecule has 0 saturated heterocycles. The molecule has 2 rings (SSSR count). The van der Waals surface area contributed by atoms with Gasteiger partial charge in [0.1, 0.15) is 0 Å². The highest BCUT2D eigenvalue weighted by molar-refractivity contribution is 5.93. The molecule has 0 unspecified atom stereocenters. The summed E-state index contributed by atoms with van der Waals surface area (Å²) in [6.07, 6.45) is 22.5. The lowest BCUT2D eigenvalue weighted by Crippen LogP contribution is -2.24. The highest BCUT2D eigenvalue weighted by Gasteiger charge is 2.26. The van der Waals surface area contributed by atoms with Crippen LogP contribution in [-0.2, 0) is 9.53 Å². The lowest BCUT2D eigenvalue weighted by Gasteiger charge is -2.32. The Labute approximate surface area is 223 Å². The minimum Gasteiger partial charge on any atom is -0.463 e. The quantitative estimate of drug-likeness (QED) is 0.131. The number of aromatic nitrogens is 1. The number of carbonyl (C=O) groups excluding carboxylic acids is 2. The zero-order valence-corrected chi connectivity index (χ0v) is 23.3. The number of hydrogen-bond acceptors (Lipinski definition) is 4. The number of nitrogens with one attached hydrogen (secondary N) is 1. The van der Waals surface area contributed by atoms with E-state index in [4.69, 9.17) is 4.74 Å². The number of rotatable bonds is 13. The van der Waals surface area contributed by atoms with Crippen molar-refractivity contribution in [3.63, 3.8) is 0 Å². The molecule has 200 valence electrons. The van der Waals surface area contributed by atoms with Crippen LogP contribution in [0.5, 0.6) is 0 Å². The maximum absolute atomic E-state index is 12.0. The van der Waals surface area contributed by atoms with E-state index in [-0.39, 0.29) is 17.3 Å². The van der Waals surface area contributed by atoms with E-state index in [1.165, 1.54) is 42.1 Å². The van der Waals surface area contributed by atoms with Crippen LogP contribution in [0.4, 0.5) is 0 Å². The van der Waals surface area contributed by atoms with Crippen LogP contribution >= 0.6 is 0 Å². The molecule has 37 heavy (non-hydrogen) atoms. The molecule has 0 atom stereocenters. The Hall–Kier alpha value is -3.21. The number of carbonyl (C=O) groups is 2. The van der Waals surface area contributed by atoms with Crippen molar-refractivity contribution in [3.8, 4) is 0 Å². The van der Waals surface area contributed by atoms with E-state index >= 15 is 0 Å². The smallest absolute Gasteiger partial charge is 0.331 e. The van der Waals surface area contributed by atoms with Crippen molar-refractivity contribution in [3.05, 3.63) is 88.8 Å². The van der Waals surface area contributed by atoms with Crippen LogP contribution in [0.15, 0.2) is 83.3 Å². The van der Waals surface area contributed by atoms with Crippen molar-refractivity contribution in [2.45, 2.75) is 79.6 Å². The third-order valence-corrected chi connectivity index (χ3v) is 6.64. The molecule has 0 radical (unpaired) electrons. The summed E-state index contributed by atoms with van der Waals surface area (Å²) >= 11 is 0. The van der Waals surface area contributed by atoms with Crippen molar-refractivity contribution in [2.24, 2.45) is 5.41 Å². The third-order valence-electron chi connectivity index (χ3n) is 6.64. The SMILES string of the molecule is CC1=C(/C=C/C(C)=C/C=C/C(C)=C/C(=O)OCCCCCCNC(=O)c2cccnc2)C(C)(C)CCC1. The van der Waals surface area contributed by atoms with Gasteiger partial charge in [-0.25, -0.2) is 4.79 Å². The molecule has 0 saturated carbocycles. The van der Waals surface area contributed by atoms with E-state index in [0.29, 0.717) is 18.7 Å². The van der Waals surface area contributed by atoms with Gasteiger partial charge >= 0.3 is 5.97 Å². The summed E-state index contributed by atoms with van der Waals surface area (Å²) < 4.78 is 5.32. The summed E-state index contributed by atoms with van der Waals surface area (Å²) in [6.45, 7) is 11.9. The van der Waals surface area contributed by atoms with Gasteiger partial charge < -0.3 is 10.1 Å². The second-order valence-electron chi connectivity index (χ2n) is 10.5. The lowest BCUT2D eigenvalue weighted by atomic mass is 9.72. The summed E-state index contributed by atoms with van der Waals surface area (Å²) in [5, 5.41) is 2.89. The predicted octanol–water partition coefficient (Wildman–Crippen LogP) is 7.45. The molecular weight excluding hydrogens is 460 g/mol. The molecule has 1 amide bonds. The van der Waals surface area contributed by atoms with E-state index in [0.717, 1.165) is 31.3 Å². The van der Waals surface area contributed by atoms with Crippen molar-refractivity contribution >= 4 is 11.9 Å². The topological polar surface area (TPSA) is 68.3 Å². The highest BCUT2D eigenvalue weighted by Crippen LogP contribution is 2.40. The number of pyridine rings is 1. The average Bonchev–Trinajstić information content (AvgIpc) is 2.85. The number of nitrogens with zero attached hydrogens (tertiary/aromatic N) is 1. The van der Waals surface area contributed by atoms with Crippen molar-refractivity contribution in [1.82, 2.24) is 10.3 Å². The summed E-state index contributed by atoms with van der Waals surface area (Å²) in [5.74, 6) is -0.412. The van der Waals surface area contributed by atoms with Gasteiger partial charge in [-0.1, -0.05) is 61.8 Å². The van der Waals surface area contributed by atoms with Crippen LogP contribution in [0.3, 0.4) is 0 Å².